The van der Waals surface area contributed by atoms with Crippen molar-refractivity contribution in [3.8, 4) is 0 Å². The number of aliphatic hydroxyl groups is 1. The molecule has 0 aliphatic heterocycles. The number of rotatable bonds is 7. The Hall–Kier alpha value is 0.120. The van der Waals surface area contributed by atoms with Crippen molar-refractivity contribution in [3.63, 3.8) is 0 Å². The van der Waals surface area contributed by atoms with Crippen molar-refractivity contribution in [2.45, 2.75) is 22.8 Å². The minimum Gasteiger partial charge on any atom is -0.368 e. The molecule has 1 rings (SSSR count). The lowest BCUT2D eigenvalue weighted by molar-refractivity contribution is 0.122. The fourth-order valence-corrected chi connectivity index (χ4v) is 4.73. The normalized spacial score (nSPS) is 13.4. The summed E-state index contributed by atoms with van der Waals surface area (Å²) in [6, 6.07) is 6.83. The van der Waals surface area contributed by atoms with Crippen LogP contribution in [0.1, 0.15) is 12.8 Å². The number of thioether (sulfide) groups is 1. The largest absolute Gasteiger partial charge is 0.369 e. The Labute approximate surface area is 130 Å². The van der Waals surface area contributed by atoms with Gasteiger partial charge in [-0.3, -0.25) is 9.13 Å². The van der Waals surface area contributed by atoms with Crippen LogP contribution < -0.4 is 0 Å². The highest BCUT2D eigenvalue weighted by atomic mass is 35.5. The molecule has 0 bridgehead atoms. The predicted octanol–water partition coefficient (Wildman–Crippen LogP) is 2.21. The Bertz CT molecular complexity index is 545. The molecule has 5 N–H and O–H groups in total. The van der Waals surface area contributed by atoms with Crippen LogP contribution in [0, 0.1) is 0 Å². The van der Waals surface area contributed by atoms with Crippen molar-refractivity contribution in [2.75, 3.05) is 5.75 Å². The van der Waals surface area contributed by atoms with E-state index >= 15 is 0 Å². The van der Waals surface area contributed by atoms with E-state index in [0.29, 0.717) is 10.8 Å². The lowest BCUT2D eigenvalue weighted by Crippen LogP contribution is -2.28. The van der Waals surface area contributed by atoms with Gasteiger partial charge in [-0.05, 0) is 36.4 Å². The van der Waals surface area contributed by atoms with Crippen LogP contribution in [0.5, 0.6) is 0 Å². The number of hydrogen-bond donors (Lipinski definition) is 5. The fourth-order valence-electron chi connectivity index (χ4n) is 1.49. The highest BCUT2D eigenvalue weighted by Gasteiger charge is 2.58. The van der Waals surface area contributed by atoms with Crippen molar-refractivity contribution in [2.24, 2.45) is 0 Å². The summed E-state index contributed by atoms with van der Waals surface area (Å²) < 4.78 is 22.3. The molecule has 0 aromatic heterocycles. The quantitative estimate of drug-likeness (QED) is 0.278. The van der Waals surface area contributed by atoms with Gasteiger partial charge in [-0.2, -0.15) is 0 Å². The third-order valence-electron chi connectivity index (χ3n) is 2.67. The SMILES string of the molecule is O=P(O)(O)C(O)(CCCSc1ccc(Cl)cc1)P(=O)(O)O. The van der Waals surface area contributed by atoms with Crippen LogP contribution >= 0.6 is 38.6 Å². The molecule has 0 fully saturated rings. The Balaban J connectivity index is 2.62. The van der Waals surface area contributed by atoms with E-state index in [2.05, 4.69) is 0 Å². The summed E-state index contributed by atoms with van der Waals surface area (Å²) in [4.78, 5) is 36.7. The maximum atomic E-state index is 11.1. The van der Waals surface area contributed by atoms with Gasteiger partial charge in [0, 0.05) is 16.3 Å². The van der Waals surface area contributed by atoms with Gasteiger partial charge in [-0.1, -0.05) is 11.6 Å². The minimum atomic E-state index is -5.36. The zero-order valence-corrected chi connectivity index (χ0v) is 14.0. The van der Waals surface area contributed by atoms with Gasteiger partial charge >= 0.3 is 15.2 Å². The molecular weight excluding hydrogens is 362 g/mol. The molecule has 0 spiro atoms. The van der Waals surface area contributed by atoms with Crippen LogP contribution in [0.25, 0.3) is 0 Å². The van der Waals surface area contributed by atoms with Crippen molar-refractivity contribution >= 4 is 38.6 Å². The van der Waals surface area contributed by atoms with Crippen molar-refractivity contribution in [1.82, 2.24) is 0 Å². The maximum Gasteiger partial charge on any atom is 0.369 e. The molecule has 0 aliphatic carbocycles. The van der Waals surface area contributed by atoms with Crippen LogP contribution in [-0.4, -0.2) is 35.5 Å². The second kappa shape index (κ2) is 7.13. The third kappa shape index (κ3) is 5.06. The van der Waals surface area contributed by atoms with Gasteiger partial charge < -0.3 is 24.7 Å². The zero-order chi connectivity index (χ0) is 16.3. The Kier molecular flexibility index (Phi) is 6.51. The van der Waals surface area contributed by atoms with Crippen LogP contribution in [0.3, 0.4) is 0 Å². The van der Waals surface area contributed by atoms with E-state index in [1.165, 1.54) is 11.8 Å². The first-order valence-corrected chi connectivity index (χ1v) is 10.3. The Morgan fingerprint density at radius 3 is 1.95 bits per heavy atom. The van der Waals surface area contributed by atoms with Gasteiger partial charge in [0.15, 0.2) is 0 Å². The summed E-state index contributed by atoms with van der Waals surface area (Å²) in [6.07, 6.45) is -0.692. The number of hydrogen-bond acceptors (Lipinski definition) is 4. The molecule has 0 saturated heterocycles. The van der Waals surface area contributed by atoms with Gasteiger partial charge in [0.25, 0.3) is 5.08 Å². The van der Waals surface area contributed by atoms with Crippen molar-refractivity contribution in [1.29, 1.82) is 0 Å². The average Bonchev–Trinajstić information content (AvgIpc) is 2.33. The first-order chi connectivity index (χ1) is 9.47. The van der Waals surface area contributed by atoms with E-state index < -0.39 is 26.7 Å². The molecule has 0 radical (unpaired) electrons. The summed E-state index contributed by atoms with van der Waals surface area (Å²) >= 11 is 7.03. The predicted molar refractivity (Wildman–Crippen MR) is 80.4 cm³/mol. The highest BCUT2D eigenvalue weighted by Crippen LogP contribution is 2.69. The molecule has 0 saturated carbocycles. The van der Waals surface area contributed by atoms with Gasteiger partial charge in [0.2, 0.25) is 0 Å². The average molecular weight is 377 g/mol. The smallest absolute Gasteiger partial charge is 0.368 e. The standard InChI is InChI=1S/C10H15ClO7P2S/c11-8-2-4-9(5-3-8)21-7-1-6-10(12,19(13,14)15)20(16,17)18/h2-5,12H,1,6-7H2,(H2,13,14,15)(H2,16,17,18). The lowest BCUT2D eigenvalue weighted by atomic mass is 10.3. The molecule has 21 heavy (non-hydrogen) atoms. The second-order valence-electron chi connectivity index (χ2n) is 4.27. The maximum absolute atomic E-state index is 11.1. The second-order valence-corrected chi connectivity index (χ2v) is 9.88. The molecular formula is C10H15ClO7P2S. The van der Waals surface area contributed by atoms with E-state index in [9.17, 15) is 14.2 Å². The van der Waals surface area contributed by atoms with E-state index in [1.54, 1.807) is 24.3 Å². The van der Waals surface area contributed by atoms with Gasteiger partial charge in [0.05, 0.1) is 0 Å². The lowest BCUT2D eigenvalue weighted by Gasteiger charge is -2.29. The topological polar surface area (TPSA) is 135 Å². The molecule has 0 aliphatic rings. The highest BCUT2D eigenvalue weighted by molar-refractivity contribution is 7.99. The molecule has 1 aromatic carbocycles. The molecule has 11 heteroatoms. The first-order valence-electron chi connectivity index (χ1n) is 5.69. The van der Waals surface area contributed by atoms with Crippen molar-refractivity contribution < 1.29 is 33.8 Å². The molecule has 0 unspecified atom stereocenters. The van der Waals surface area contributed by atoms with E-state index in [-0.39, 0.29) is 6.42 Å². The van der Waals surface area contributed by atoms with Crippen LogP contribution in [-0.2, 0) is 9.13 Å². The monoisotopic (exact) mass is 376 g/mol. The van der Waals surface area contributed by atoms with E-state index in [4.69, 9.17) is 31.2 Å². The van der Waals surface area contributed by atoms with Crippen LogP contribution in [0.15, 0.2) is 29.2 Å². The Morgan fingerprint density at radius 2 is 1.52 bits per heavy atom. The summed E-state index contributed by atoms with van der Waals surface area (Å²) in [5, 5.41) is 6.90. The third-order valence-corrected chi connectivity index (χ3v) is 7.90. The molecule has 0 atom stereocenters. The summed E-state index contributed by atoms with van der Waals surface area (Å²) in [5.41, 5.74) is 0. The molecule has 7 nitrogen and oxygen atoms in total. The number of benzene rings is 1. The van der Waals surface area contributed by atoms with Gasteiger partial charge in [-0.15, -0.1) is 11.8 Å². The Morgan fingerprint density at radius 1 is 1.05 bits per heavy atom. The zero-order valence-electron chi connectivity index (χ0n) is 10.7. The first kappa shape index (κ1) is 19.2. The molecule has 0 amide bonds. The van der Waals surface area contributed by atoms with Crippen molar-refractivity contribution in [3.05, 3.63) is 29.3 Å². The summed E-state index contributed by atoms with van der Waals surface area (Å²) in [7, 11) is -10.7. The van der Waals surface area contributed by atoms with E-state index in [1.807, 2.05) is 0 Å². The van der Waals surface area contributed by atoms with Crippen LogP contribution in [0.4, 0.5) is 0 Å². The van der Waals surface area contributed by atoms with Crippen LogP contribution in [0.2, 0.25) is 5.02 Å². The van der Waals surface area contributed by atoms with Gasteiger partial charge in [-0.25, -0.2) is 0 Å². The number of halogens is 1. The summed E-state index contributed by atoms with van der Waals surface area (Å²) in [6.45, 7) is 0. The summed E-state index contributed by atoms with van der Waals surface area (Å²) in [5.74, 6) is 0.323. The fraction of sp³-hybridized carbons (Fsp3) is 0.400. The molecule has 0 heterocycles. The molecule has 1 aromatic rings. The van der Waals surface area contributed by atoms with Gasteiger partial charge in [0.1, 0.15) is 0 Å². The van der Waals surface area contributed by atoms with E-state index in [0.717, 1.165) is 4.90 Å². The minimum absolute atomic E-state index is 0.0139. The molecule has 120 valence electrons.